The van der Waals surface area contributed by atoms with Gasteiger partial charge in [-0.05, 0) is 32.0 Å². The number of carbonyl (C=O) groups is 1. The van der Waals surface area contributed by atoms with Crippen molar-refractivity contribution in [1.82, 2.24) is 0 Å². The molecule has 0 saturated carbocycles. The van der Waals surface area contributed by atoms with Gasteiger partial charge in [0.2, 0.25) is 5.91 Å². The van der Waals surface area contributed by atoms with Crippen molar-refractivity contribution in [2.45, 2.75) is 13.8 Å². The zero-order valence-corrected chi connectivity index (χ0v) is 13.0. The van der Waals surface area contributed by atoms with E-state index in [1.165, 1.54) is 0 Å². The minimum absolute atomic E-state index is 0.0608. The number of anilines is 1. The summed E-state index contributed by atoms with van der Waals surface area (Å²) in [4.78, 5) is 14.3. The van der Waals surface area contributed by atoms with Crippen molar-refractivity contribution >= 4 is 27.5 Å². The summed E-state index contributed by atoms with van der Waals surface area (Å²) >= 11 is 3.42. The molecule has 1 aliphatic rings. The van der Waals surface area contributed by atoms with Crippen LogP contribution in [0.5, 0.6) is 5.75 Å². The van der Waals surface area contributed by atoms with Gasteiger partial charge in [0.05, 0.1) is 17.7 Å². The highest BCUT2D eigenvalue weighted by molar-refractivity contribution is 9.10. The number of halogens is 1. The largest absolute Gasteiger partial charge is 0.490 e. The lowest BCUT2D eigenvalue weighted by molar-refractivity contribution is -0.127. The topological polar surface area (TPSA) is 38.8 Å². The maximum absolute atomic E-state index is 12.6. The van der Waals surface area contributed by atoms with E-state index in [-0.39, 0.29) is 5.91 Å². The fourth-order valence-corrected chi connectivity index (χ4v) is 2.37. The molecule has 1 aliphatic heterocycles. The molecule has 1 aromatic rings. The molecule has 0 aromatic heterocycles. The molecule has 104 valence electrons. The summed E-state index contributed by atoms with van der Waals surface area (Å²) in [5.74, 6) is 0.787. The third kappa shape index (κ3) is 2.92. The van der Waals surface area contributed by atoms with Crippen LogP contribution in [-0.4, -0.2) is 32.8 Å². The monoisotopic (exact) mass is 327 g/mol. The van der Waals surface area contributed by atoms with E-state index < -0.39 is 5.41 Å². The highest BCUT2D eigenvalue weighted by Gasteiger charge is 2.37. The first kappa shape index (κ1) is 14.3. The average Bonchev–Trinajstić information content (AvgIpc) is 2.46. The molecule has 4 nitrogen and oxygen atoms in total. The van der Waals surface area contributed by atoms with E-state index in [4.69, 9.17) is 9.47 Å². The number of nitrogens with zero attached hydrogens (tertiary/aromatic N) is 1. The number of methoxy groups -OCH3 is 1. The molecule has 0 spiro atoms. The number of rotatable bonds is 3. The predicted octanol–water partition coefficient (Wildman–Crippen LogP) is 2.85. The second kappa shape index (κ2) is 5.51. The standard InChI is InChI=1S/C14H18BrNO3/c1-14(2)9-19-12-8-10(15)4-5-11(12)16(13(14)17)6-7-18-3/h4-5,8H,6-7,9H2,1-3H3. The maximum atomic E-state index is 12.6. The number of hydrogen-bond donors (Lipinski definition) is 0. The van der Waals surface area contributed by atoms with Crippen LogP contribution in [0, 0.1) is 5.41 Å². The fraction of sp³-hybridized carbons (Fsp3) is 0.500. The quantitative estimate of drug-likeness (QED) is 0.856. The van der Waals surface area contributed by atoms with Crippen molar-refractivity contribution < 1.29 is 14.3 Å². The number of hydrogen-bond acceptors (Lipinski definition) is 3. The molecule has 0 N–H and O–H groups in total. The zero-order chi connectivity index (χ0) is 14.0. The number of carbonyl (C=O) groups excluding carboxylic acids is 1. The summed E-state index contributed by atoms with van der Waals surface area (Å²) in [6.45, 7) is 5.19. The summed E-state index contributed by atoms with van der Waals surface area (Å²) in [7, 11) is 1.63. The molecule has 0 bridgehead atoms. The molecular formula is C14H18BrNO3. The Bertz CT molecular complexity index is 488. The molecule has 0 radical (unpaired) electrons. The van der Waals surface area contributed by atoms with Crippen molar-refractivity contribution in [2.24, 2.45) is 5.41 Å². The molecule has 19 heavy (non-hydrogen) atoms. The second-order valence-corrected chi connectivity index (χ2v) is 6.15. The van der Waals surface area contributed by atoms with E-state index in [2.05, 4.69) is 15.9 Å². The summed E-state index contributed by atoms with van der Waals surface area (Å²) in [5, 5.41) is 0. The van der Waals surface area contributed by atoms with Gasteiger partial charge in [-0.25, -0.2) is 0 Å². The van der Waals surface area contributed by atoms with Crippen LogP contribution in [0.3, 0.4) is 0 Å². The number of ether oxygens (including phenoxy) is 2. The van der Waals surface area contributed by atoms with Crippen molar-refractivity contribution in [3.05, 3.63) is 22.7 Å². The smallest absolute Gasteiger partial charge is 0.236 e. The Kier molecular flexibility index (Phi) is 4.16. The van der Waals surface area contributed by atoms with Gasteiger partial charge >= 0.3 is 0 Å². The van der Waals surface area contributed by atoms with E-state index in [0.717, 1.165) is 15.9 Å². The van der Waals surface area contributed by atoms with Gasteiger partial charge in [-0.15, -0.1) is 0 Å². The van der Waals surface area contributed by atoms with Crippen molar-refractivity contribution in [3.8, 4) is 5.75 Å². The Balaban J connectivity index is 2.43. The first-order valence-electron chi connectivity index (χ1n) is 6.19. The first-order valence-corrected chi connectivity index (χ1v) is 6.98. The van der Waals surface area contributed by atoms with E-state index in [1.807, 2.05) is 32.0 Å². The molecule has 0 fully saturated rings. The van der Waals surface area contributed by atoms with Crippen LogP contribution in [0.25, 0.3) is 0 Å². The van der Waals surface area contributed by atoms with E-state index in [9.17, 15) is 4.79 Å². The second-order valence-electron chi connectivity index (χ2n) is 5.23. The van der Waals surface area contributed by atoms with Crippen molar-refractivity contribution in [3.63, 3.8) is 0 Å². The highest BCUT2D eigenvalue weighted by atomic mass is 79.9. The SMILES string of the molecule is COCCN1C(=O)C(C)(C)COc2cc(Br)ccc21. The maximum Gasteiger partial charge on any atom is 0.236 e. The molecule has 1 aromatic carbocycles. The average molecular weight is 328 g/mol. The van der Waals surface area contributed by atoms with Crippen LogP contribution in [0.1, 0.15) is 13.8 Å². The van der Waals surface area contributed by atoms with Gasteiger partial charge in [-0.3, -0.25) is 4.79 Å². The fourth-order valence-electron chi connectivity index (χ4n) is 2.03. The van der Waals surface area contributed by atoms with E-state index in [0.29, 0.717) is 19.8 Å². The van der Waals surface area contributed by atoms with Crippen LogP contribution in [0.2, 0.25) is 0 Å². The van der Waals surface area contributed by atoms with Crippen LogP contribution < -0.4 is 9.64 Å². The van der Waals surface area contributed by atoms with Gasteiger partial charge in [0.1, 0.15) is 12.4 Å². The summed E-state index contributed by atoms with van der Waals surface area (Å²) in [6.07, 6.45) is 0. The van der Waals surface area contributed by atoms with Crippen molar-refractivity contribution in [2.75, 3.05) is 31.8 Å². The van der Waals surface area contributed by atoms with Crippen LogP contribution in [0.15, 0.2) is 22.7 Å². The van der Waals surface area contributed by atoms with Crippen molar-refractivity contribution in [1.29, 1.82) is 0 Å². The molecule has 2 rings (SSSR count). The molecule has 1 amide bonds. The summed E-state index contributed by atoms with van der Waals surface area (Å²) in [6, 6.07) is 5.70. The lowest BCUT2D eigenvalue weighted by Gasteiger charge is -2.27. The molecule has 5 heteroatoms. The number of fused-ring (bicyclic) bond motifs is 1. The third-order valence-electron chi connectivity index (χ3n) is 3.14. The van der Waals surface area contributed by atoms with E-state index in [1.54, 1.807) is 12.0 Å². The molecular weight excluding hydrogens is 310 g/mol. The molecule has 0 saturated heterocycles. The Morgan fingerprint density at radius 2 is 2.21 bits per heavy atom. The molecule has 0 atom stereocenters. The minimum Gasteiger partial charge on any atom is -0.490 e. The predicted molar refractivity (Wildman–Crippen MR) is 77.6 cm³/mol. The van der Waals surface area contributed by atoms with Crippen LogP contribution in [0.4, 0.5) is 5.69 Å². The van der Waals surface area contributed by atoms with Gasteiger partial charge < -0.3 is 14.4 Å². The third-order valence-corrected chi connectivity index (χ3v) is 3.64. The Labute approximate surface area is 121 Å². The van der Waals surface area contributed by atoms with Gasteiger partial charge in [-0.2, -0.15) is 0 Å². The minimum atomic E-state index is -0.542. The Hall–Kier alpha value is -1.07. The Morgan fingerprint density at radius 1 is 1.47 bits per heavy atom. The van der Waals surface area contributed by atoms with Gasteiger partial charge in [0.25, 0.3) is 0 Å². The first-order chi connectivity index (χ1) is 8.95. The lowest BCUT2D eigenvalue weighted by Crippen LogP contribution is -2.43. The van der Waals surface area contributed by atoms with Gasteiger partial charge in [0, 0.05) is 18.1 Å². The Morgan fingerprint density at radius 3 is 2.89 bits per heavy atom. The van der Waals surface area contributed by atoms with Crippen LogP contribution in [-0.2, 0) is 9.53 Å². The van der Waals surface area contributed by atoms with Crippen LogP contribution >= 0.6 is 15.9 Å². The summed E-state index contributed by atoms with van der Waals surface area (Å²) < 4.78 is 11.8. The molecule has 0 unspecified atom stereocenters. The highest BCUT2D eigenvalue weighted by Crippen LogP contribution is 2.37. The normalized spacial score (nSPS) is 17.7. The number of benzene rings is 1. The van der Waals surface area contributed by atoms with Gasteiger partial charge in [-0.1, -0.05) is 15.9 Å². The summed E-state index contributed by atoms with van der Waals surface area (Å²) in [5.41, 5.74) is 0.259. The zero-order valence-electron chi connectivity index (χ0n) is 11.4. The molecule has 1 heterocycles. The van der Waals surface area contributed by atoms with E-state index >= 15 is 0 Å². The molecule has 0 aliphatic carbocycles. The van der Waals surface area contributed by atoms with Gasteiger partial charge in [0.15, 0.2) is 0 Å². The lowest BCUT2D eigenvalue weighted by atomic mass is 9.93. The number of amides is 1.